The standard InChI is InChI=1S/C18H19N3O/c1-4-14-17(21-11-6-5-10-16(21)19-14)18(22)20-15-9-7-8-12(2)13(15)3/h5-11H,4H2,1-3H3,(H,20,22). The molecule has 4 heteroatoms. The number of nitrogens with zero attached hydrogens (tertiary/aromatic N) is 2. The van der Waals surface area contributed by atoms with Crippen LogP contribution in [-0.4, -0.2) is 15.3 Å². The predicted molar refractivity (Wildman–Crippen MR) is 88.4 cm³/mol. The summed E-state index contributed by atoms with van der Waals surface area (Å²) in [5.41, 5.74) is 5.31. The highest BCUT2D eigenvalue weighted by molar-refractivity contribution is 6.05. The maximum absolute atomic E-state index is 12.8. The molecule has 1 aromatic carbocycles. The quantitative estimate of drug-likeness (QED) is 0.799. The van der Waals surface area contributed by atoms with Crippen LogP contribution in [0.2, 0.25) is 0 Å². The van der Waals surface area contributed by atoms with E-state index in [2.05, 4.69) is 10.3 Å². The number of anilines is 1. The number of hydrogen-bond acceptors (Lipinski definition) is 2. The lowest BCUT2D eigenvalue weighted by Gasteiger charge is -2.11. The number of hydrogen-bond donors (Lipinski definition) is 1. The van der Waals surface area contributed by atoms with E-state index in [9.17, 15) is 4.79 Å². The number of rotatable bonds is 3. The van der Waals surface area contributed by atoms with Crippen molar-refractivity contribution in [3.63, 3.8) is 0 Å². The van der Waals surface area contributed by atoms with Gasteiger partial charge in [0.15, 0.2) is 0 Å². The Bertz CT molecular complexity index is 849. The fourth-order valence-electron chi connectivity index (χ4n) is 2.60. The highest BCUT2D eigenvalue weighted by Crippen LogP contribution is 2.20. The molecule has 22 heavy (non-hydrogen) atoms. The van der Waals surface area contributed by atoms with E-state index in [0.717, 1.165) is 34.6 Å². The molecule has 3 aromatic rings. The van der Waals surface area contributed by atoms with E-state index in [0.29, 0.717) is 5.69 Å². The van der Waals surface area contributed by atoms with Gasteiger partial charge in [0, 0.05) is 11.9 Å². The fourth-order valence-corrected chi connectivity index (χ4v) is 2.60. The smallest absolute Gasteiger partial charge is 0.274 e. The number of nitrogens with one attached hydrogen (secondary N) is 1. The van der Waals surface area contributed by atoms with Crippen molar-refractivity contribution in [2.45, 2.75) is 27.2 Å². The van der Waals surface area contributed by atoms with E-state index < -0.39 is 0 Å². The zero-order valence-electron chi connectivity index (χ0n) is 13.1. The van der Waals surface area contributed by atoms with E-state index in [1.54, 1.807) is 0 Å². The monoisotopic (exact) mass is 293 g/mol. The third-order valence-electron chi connectivity index (χ3n) is 4.00. The molecule has 0 unspecified atom stereocenters. The molecule has 0 aliphatic heterocycles. The van der Waals surface area contributed by atoms with Gasteiger partial charge in [0.05, 0.1) is 5.69 Å². The third kappa shape index (κ3) is 2.37. The second kappa shape index (κ2) is 5.64. The van der Waals surface area contributed by atoms with Crippen LogP contribution in [0, 0.1) is 13.8 Å². The van der Waals surface area contributed by atoms with Crippen LogP contribution in [0.15, 0.2) is 42.6 Å². The largest absolute Gasteiger partial charge is 0.320 e. The summed E-state index contributed by atoms with van der Waals surface area (Å²) in [5.74, 6) is -0.121. The molecule has 3 rings (SSSR count). The van der Waals surface area contributed by atoms with E-state index >= 15 is 0 Å². The molecule has 2 aromatic heterocycles. The highest BCUT2D eigenvalue weighted by atomic mass is 16.2. The van der Waals surface area contributed by atoms with Crippen molar-refractivity contribution in [2.24, 2.45) is 0 Å². The summed E-state index contributed by atoms with van der Waals surface area (Å²) in [5, 5.41) is 3.02. The molecular formula is C18H19N3O. The maximum Gasteiger partial charge on any atom is 0.274 e. The van der Waals surface area contributed by atoms with E-state index in [1.165, 1.54) is 0 Å². The van der Waals surface area contributed by atoms with Crippen molar-refractivity contribution >= 4 is 17.2 Å². The first-order valence-electron chi connectivity index (χ1n) is 7.45. The first-order chi connectivity index (χ1) is 10.6. The molecule has 0 saturated carbocycles. The average Bonchev–Trinajstić information content (AvgIpc) is 2.90. The zero-order chi connectivity index (χ0) is 15.7. The topological polar surface area (TPSA) is 46.4 Å². The van der Waals surface area contributed by atoms with Crippen LogP contribution >= 0.6 is 0 Å². The van der Waals surface area contributed by atoms with Gasteiger partial charge in [0.2, 0.25) is 0 Å². The molecular weight excluding hydrogens is 274 g/mol. The summed E-state index contributed by atoms with van der Waals surface area (Å²) in [6, 6.07) is 11.7. The normalized spacial score (nSPS) is 10.9. The first-order valence-corrected chi connectivity index (χ1v) is 7.45. The van der Waals surface area contributed by atoms with Crippen molar-refractivity contribution in [2.75, 3.05) is 5.32 Å². The Hall–Kier alpha value is -2.62. The van der Waals surface area contributed by atoms with Gasteiger partial charge in [-0.3, -0.25) is 9.20 Å². The van der Waals surface area contributed by atoms with Crippen LogP contribution < -0.4 is 5.32 Å². The Morgan fingerprint density at radius 3 is 2.77 bits per heavy atom. The average molecular weight is 293 g/mol. The lowest BCUT2D eigenvalue weighted by molar-refractivity contribution is 0.102. The Labute approximate surface area is 129 Å². The summed E-state index contributed by atoms with van der Waals surface area (Å²) in [4.78, 5) is 17.3. The van der Waals surface area contributed by atoms with Crippen LogP contribution in [0.1, 0.15) is 34.2 Å². The summed E-state index contributed by atoms with van der Waals surface area (Å²) < 4.78 is 1.85. The molecule has 0 fully saturated rings. The molecule has 0 spiro atoms. The molecule has 0 bridgehead atoms. The van der Waals surface area contributed by atoms with Crippen molar-refractivity contribution in [1.82, 2.24) is 9.38 Å². The van der Waals surface area contributed by atoms with Gasteiger partial charge in [-0.1, -0.05) is 25.1 Å². The number of aromatic nitrogens is 2. The van der Waals surface area contributed by atoms with Crippen LogP contribution in [-0.2, 0) is 6.42 Å². The summed E-state index contributed by atoms with van der Waals surface area (Å²) in [6.07, 6.45) is 2.59. The lowest BCUT2D eigenvalue weighted by Crippen LogP contribution is -2.17. The minimum absolute atomic E-state index is 0.121. The molecule has 0 saturated heterocycles. The molecule has 0 radical (unpaired) electrons. The molecule has 112 valence electrons. The third-order valence-corrected chi connectivity index (χ3v) is 4.00. The summed E-state index contributed by atoms with van der Waals surface area (Å²) in [6.45, 7) is 6.06. The van der Waals surface area contributed by atoms with Crippen LogP contribution in [0.4, 0.5) is 5.69 Å². The molecule has 0 atom stereocenters. The molecule has 1 N–H and O–H groups in total. The Morgan fingerprint density at radius 2 is 2.00 bits per heavy atom. The number of carbonyl (C=O) groups is 1. The van der Waals surface area contributed by atoms with Gasteiger partial charge in [-0.2, -0.15) is 0 Å². The lowest BCUT2D eigenvalue weighted by atomic mass is 10.1. The molecule has 1 amide bonds. The van der Waals surface area contributed by atoms with Gasteiger partial charge in [-0.25, -0.2) is 4.98 Å². The minimum atomic E-state index is -0.121. The Morgan fingerprint density at radius 1 is 1.18 bits per heavy atom. The molecule has 2 heterocycles. The number of amides is 1. The summed E-state index contributed by atoms with van der Waals surface area (Å²) >= 11 is 0. The second-order valence-corrected chi connectivity index (χ2v) is 5.39. The van der Waals surface area contributed by atoms with Crippen molar-refractivity contribution in [1.29, 1.82) is 0 Å². The van der Waals surface area contributed by atoms with Crippen molar-refractivity contribution in [3.8, 4) is 0 Å². The SMILES string of the molecule is CCc1nc2ccccn2c1C(=O)Nc1cccc(C)c1C. The van der Waals surface area contributed by atoms with E-state index in [1.807, 2.05) is 67.8 Å². The minimum Gasteiger partial charge on any atom is -0.320 e. The Kier molecular flexibility index (Phi) is 3.67. The number of benzene rings is 1. The van der Waals surface area contributed by atoms with Gasteiger partial charge >= 0.3 is 0 Å². The summed E-state index contributed by atoms with van der Waals surface area (Å²) in [7, 11) is 0. The van der Waals surface area contributed by atoms with E-state index in [-0.39, 0.29) is 5.91 Å². The molecule has 0 aliphatic carbocycles. The predicted octanol–water partition coefficient (Wildman–Crippen LogP) is 3.77. The maximum atomic E-state index is 12.8. The number of pyridine rings is 1. The van der Waals surface area contributed by atoms with Gasteiger partial charge in [0.25, 0.3) is 5.91 Å². The van der Waals surface area contributed by atoms with Gasteiger partial charge in [0.1, 0.15) is 11.3 Å². The van der Waals surface area contributed by atoms with Crippen molar-refractivity contribution in [3.05, 3.63) is 65.1 Å². The number of imidazole rings is 1. The number of carbonyl (C=O) groups excluding carboxylic acids is 1. The van der Waals surface area contributed by atoms with Crippen molar-refractivity contribution < 1.29 is 4.79 Å². The number of aryl methyl sites for hydroxylation is 2. The number of fused-ring (bicyclic) bond motifs is 1. The first kappa shape index (κ1) is 14.3. The molecule has 4 nitrogen and oxygen atoms in total. The van der Waals surface area contributed by atoms with E-state index in [4.69, 9.17) is 0 Å². The fraction of sp³-hybridized carbons (Fsp3) is 0.222. The van der Waals surface area contributed by atoms with Crippen LogP contribution in [0.3, 0.4) is 0 Å². The van der Waals surface area contributed by atoms with Gasteiger partial charge in [-0.15, -0.1) is 0 Å². The van der Waals surface area contributed by atoms with Gasteiger partial charge in [-0.05, 0) is 49.6 Å². The highest BCUT2D eigenvalue weighted by Gasteiger charge is 2.18. The van der Waals surface area contributed by atoms with Crippen LogP contribution in [0.5, 0.6) is 0 Å². The Balaban J connectivity index is 2.04. The van der Waals surface area contributed by atoms with Gasteiger partial charge < -0.3 is 5.32 Å². The zero-order valence-corrected chi connectivity index (χ0v) is 13.1. The molecule has 0 aliphatic rings. The second-order valence-electron chi connectivity index (χ2n) is 5.39. The van der Waals surface area contributed by atoms with Crippen LogP contribution in [0.25, 0.3) is 5.65 Å².